The van der Waals surface area contributed by atoms with E-state index in [1.165, 1.54) is 0 Å². The second-order valence-corrected chi connectivity index (χ2v) is 6.09. The van der Waals surface area contributed by atoms with E-state index in [0.29, 0.717) is 6.42 Å². The number of hydrogen-bond acceptors (Lipinski definition) is 2. The maximum atomic E-state index is 9.36. The summed E-state index contributed by atoms with van der Waals surface area (Å²) < 4.78 is 0. The van der Waals surface area contributed by atoms with E-state index >= 15 is 0 Å². The molecule has 0 radical (unpaired) electrons. The lowest BCUT2D eigenvalue weighted by molar-refractivity contribution is -0.268. The Morgan fingerprint density at radius 2 is 1.12 bits per heavy atom. The van der Waals surface area contributed by atoms with Crippen LogP contribution in [0.2, 0.25) is 0 Å². The monoisotopic (exact) mass is 330 g/mol. The van der Waals surface area contributed by atoms with Gasteiger partial charge in [0.15, 0.2) is 0 Å². The summed E-state index contributed by atoms with van der Waals surface area (Å²) in [6, 6.07) is 31.0. The molecule has 0 saturated heterocycles. The van der Waals surface area contributed by atoms with E-state index in [1.54, 1.807) is 6.08 Å². The van der Waals surface area contributed by atoms with E-state index in [2.05, 4.69) is 43.0 Å². The zero-order valence-electron chi connectivity index (χ0n) is 14.1. The average Bonchev–Trinajstić information content (AvgIpc) is 2.71. The summed E-state index contributed by atoms with van der Waals surface area (Å²) in [7, 11) is 0. The van der Waals surface area contributed by atoms with E-state index in [4.69, 9.17) is 4.89 Å². The highest BCUT2D eigenvalue weighted by atomic mass is 17.1. The van der Waals surface area contributed by atoms with Gasteiger partial charge in [-0.15, -0.1) is 6.58 Å². The first-order chi connectivity index (χ1) is 12.3. The van der Waals surface area contributed by atoms with Gasteiger partial charge in [-0.3, -0.25) is 5.26 Å². The summed E-state index contributed by atoms with van der Waals surface area (Å²) in [4.78, 5) is 4.70. The molecule has 0 saturated carbocycles. The van der Waals surface area contributed by atoms with Crippen LogP contribution in [0.1, 0.15) is 23.1 Å². The molecule has 2 nitrogen and oxygen atoms in total. The highest BCUT2D eigenvalue weighted by molar-refractivity contribution is 5.50. The lowest BCUT2D eigenvalue weighted by Gasteiger charge is -2.37. The van der Waals surface area contributed by atoms with Crippen LogP contribution >= 0.6 is 0 Å². The molecule has 1 atom stereocenters. The third-order valence-electron chi connectivity index (χ3n) is 4.71. The molecule has 2 heteroatoms. The lowest BCUT2D eigenvalue weighted by Crippen LogP contribution is -2.34. The van der Waals surface area contributed by atoms with Crippen LogP contribution < -0.4 is 0 Å². The largest absolute Gasteiger partial charge is 0.251 e. The Bertz CT molecular complexity index is 685. The highest BCUT2D eigenvalue weighted by Gasteiger charge is 2.38. The predicted octanol–water partition coefficient (Wildman–Crippen LogP) is 5.46. The van der Waals surface area contributed by atoms with Gasteiger partial charge in [0.25, 0.3) is 0 Å². The minimum Gasteiger partial charge on any atom is -0.251 e. The summed E-state index contributed by atoms with van der Waals surface area (Å²) >= 11 is 0. The third kappa shape index (κ3) is 3.41. The van der Waals surface area contributed by atoms with Gasteiger partial charge in [-0.2, -0.15) is 0 Å². The zero-order chi connectivity index (χ0) is 17.5. The summed E-state index contributed by atoms with van der Waals surface area (Å²) in [6.07, 6.45) is 1.70. The van der Waals surface area contributed by atoms with Crippen LogP contribution in [0.3, 0.4) is 0 Å². The Hall–Kier alpha value is -2.68. The molecule has 25 heavy (non-hydrogen) atoms. The fourth-order valence-corrected chi connectivity index (χ4v) is 3.49. The molecule has 1 unspecified atom stereocenters. The molecule has 0 amide bonds. The minimum atomic E-state index is -0.486. The molecular formula is C23H22O2. The van der Waals surface area contributed by atoms with E-state index in [-0.39, 0.29) is 0 Å². The second kappa shape index (κ2) is 7.93. The highest BCUT2D eigenvalue weighted by Crippen LogP contribution is 2.43. The van der Waals surface area contributed by atoms with Crippen LogP contribution in [-0.2, 0) is 10.3 Å². The van der Waals surface area contributed by atoms with Gasteiger partial charge in [-0.1, -0.05) is 97.1 Å². The molecule has 0 fully saturated rings. The van der Waals surface area contributed by atoms with Crippen molar-refractivity contribution >= 4 is 0 Å². The molecule has 0 aliphatic heterocycles. The average molecular weight is 330 g/mol. The van der Waals surface area contributed by atoms with Crippen molar-refractivity contribution in [1.29, 1.82) is 0 Å². The SMILES string of the molecule is C=CC(CC(c1ccccc1)(c1ccccc1)c1ccccc1)OO. The normalized spacial score (nSPS) is 12.5. The summed E-state index contributed by atoms with van der Waals surface area (Å²) in [5.41, 5.74) is 3.00. The molecule has 0 aromatic heterocycles. The fraction of sp³-hybridized carbons (Fsp3) is 0.130. The standard InChI is InChI=1S/C23H22O2/c1-2-22(25-24)18-23(19-12-6-3-7-13-19,20-14-8-4-9-15-20)21-16-10-5-11-17-21/h2-17,22,24H,1,18H2. The van der Waals surface area contributed by atoms with Crippen LogP contribution in [-0.4, -0.2) is 11.4 Å². The molecule has 1 N–H and O–H groups in total. The van der Waals surface area contributed by atoms with Crippen molar-refractivity contribution < 1.29 is 10.1 Å². The first-order valence-electron chi connectivity index (χ1n) is 8.40. The first kappa shape index (κ1) is 17.2. The van der Waals surface area contributed by atoms with Crippen LogP contribution in [0.4, 0.5) is 0 Å². The van der Waals surface area contributed by atoms with Gasteiger partial charge < -0.3 is 0 Å². The van der Waals surface area contributed by atoms with Crippen molar-refractivity contribution in [2.45, 2.75) is 17.9 Å². The topological polar surface area (TPSA) is 29.5 Å². The zero-order valence-corrected chi connectivity index (χ0v) is 14.1. The van der Waals surface area contributed by atoms with Gasteiger partial charge in [0.2, 0.25) is 0 Å². The van der Waals surface area contributed by atoms with Crippen LogP contribution in [0, 0.1) is 0 Å². The number of benzene rings is 3. The van der Waals surface area contributed by atoms with Crippen LogP contribution in [0.25, 0.3) is 0 Å². The van der Waals surface area contributed by atoms with Crippen LogP contribution in [0.15, 0.2) is 104 Å². The molecule has 126 valence electrons. The minimum absolute atomic E-state index is 0.453. The Morgan fingerprint density at radius 1 is 0.760 bits per heavy atom. The smallest absolute Gasteiger partial charge is 0.112 e. The van der Waals surface area contributed by atoms with Gasteiger partial charge in [-0.05, 0) is 23.1 Å². The quantitative estimate of drug-likeness (QED) is 0.270. The Kier molecular flexibility index (Phi) is 5.44. The van der Waals surface area contributed by atoms with Crippen LogP contribution in [0.5, 0.6) is 0 Å². The fourth-order valence-electron chi connectivity index (χ4n) is 3.49. The summed E-state index contributed by atoms with van der Waals surface area (Å²) in [5.74, 6) is 0. The molecule has 0 spiro atoms. The molecule has 0 bridgehead atoms. The maximum absolute atomic E-state index is 9.36. The van der Waals surface area contributed by atoms with Crippen molar-refractivity contribution in [1.82, 2.24) is 0 Å². The summed E-state index contributed by atoms with van der Waals surface area (Å²) in [5, 5.41) is 9.36. The van der Waals surface area contributed by atoms with Crippen molar-refractivity contribution in [2.24, 2.45) is 0 Å². The summed E-state index contributed by atoms with van der Waals surface area (Å²) in [6.45, 7) is 3.81. The molecule has 0 aliphatic rings. The predicted molar refractivity (Wildman–Crippen MR) is 102 cm³/mol. The molecular weight excluding hydrogens is 308 g/mol. The van der Waals surface area contributed by atoms with Crippen molar-refractivity contribution in [3.05, 3.63) is 120 Å². The third-order valence-corrected chi connectivity index (χ3v) is 4.71. The van der Waals surface area contributed by atoms with Crippen molar-refractivity contribution in [2.75, 3.05) is 0 Å². The Balaban J connectivity index is 2.29. The van der Waals surface area contributed by atoms with E-state index in [0.717, 1.165) is 16.7 Å². The number of rotatable bonds is 7. The second-order valence-electron chi connectivity index (χ2n) is 6.09. The van der Waals surface area contributed by atoms with Gasteiger partial charge in [-0.25, -0.2) is 4.89 Å². The maximum Gasteiger partial charge on any atom is 0.112 e. The molecule has 3 aromatic carbocycles. The molecule has 3 rings (SSSR count). The molecule has 0 heterocycles. The van der Waals surface area contributed by atoms with Gasteiger partial charge in [0.1, 0.15) is 6.10 Å². The lowest BCUT2D eigenvalue weighted by atomic mass is 9.66. The van der Waals surface area contributed by atoms with Gasteiger partial charge in [0, 0.05) is 5.41 Å². The Morgan fingerprint density at radius 3 is 1.40 bits per heavy atom. The Labute approximate surface area is 149 Å². The molecule has 3 aromatic rings. The molecule has 0 aliphatic carbocycles. The van der Waals surface area contributed by atoms with Gasteiger partial charge >= 0.3 is 0 Å². The first-order valence-corrected chi connectivity index (χ1v) is 8.40. The van der Waals surface area contributed by atoms with Crippen molar-refractivity contribution in [3.63, 3.8) is 0 Å². The van der Waals surface area contributed by atoms with Crippen molar-refractivity contribution in [3.8, 4) is 0 Å². The van der Waals surface area contributed by atoms with E-state index in [1.807, 2.05) is 54.6 Å². The van der Waals surface area contributed by atoms with Gasteiger partial charge in [0.05, 0.1) is 0 Å². The number of hydrogen-bond donors (Lipinski definition) is 1. The van der Waals surface area contributed by atoms with E-state index in [9.17, 15) is 5.26 Å². The van der Waals surface area contributed by atoms with E-state index < -0.39 is 11.5 Å².